The smallest absolute Gasteiger partial charge is 0.147 e. The number of hydrogen-bond donors (Lipinski definition) is 1. The van der Waals surface area contributed by atoms with Crippen LogP contribution in [-0.4, -0.2) is 26.5 Å². The Morgan fingerprint density at radius 1 is 1.19 bits per heavy atom. The van der Waals surface area contributed by atoms with Crippen molar-refractivity contribution in [1.82, 2.24) is 0 Å². The first kappa shape index (κ1) is 13.2. The minimum Gasteiger partial charge on any atom is -0.328 e. The molecule has 0 aromatic heterocycles. The molecule has 0 saturated carbocycles. The molecule has 0 amide bonds. The molecule has 0 heterocycles. The molecule has 3 nitrogen and oxygen atoms in total. The maximum atomic E-state index is 11.0. The first-order chi connectivity index (χ1) is 7.47. The van der Waals surface area contributed by atoms with Crippen molar-refractivity contribution < 1.29 is 8.42 Å². The fourth-order valence-corrected chi connectivity index (χ4v) is 2.24. The van der Waals surface area contributed by atoms with Gasteiger partial charge in [-0.2, -0.15) is 0 Å². The van der Waals surface area contributed by atoms with Crippen LogP contribution in [0.25, 0.3) is 0 Å². The molecule has 1 aromatic carbocycles. The second-order valence-corrected chi connectivity index (χ2v) is 6.46. The average molecular weight is 241 g/mol. The van der Waals surface area contributed by atoms with Gasteiger partial charge in [0.25, 0.3) is 0 Å². The number of sulfone groups is 1. The third-order valence-corrected chi connectivity index (χ3v) is 3.48. The van der Waals surface area contributed by atoms with Crippen molar-refractivity contribution in [3.8, 4) is 0 Å². The maximum Gasteiger partial charge on any atom is 0.147 e. The molecule has 0 aliphatic rings. The summed E-state index contributed by atoms with van der Waals surface area (Å²) in [4.78, 5) is 0. The van der Waals surface area contributed by atoms with E-state index in [1.807, 2.05) is 18.2 Å². The van der Waals surface area contributed by atoms with E-state index in [2.05, 4.69) is 12.1 Å². The maximum absolute atomic E-state index is 11.0. The summed E-state index contributed by atoms with van der Waals surface area (Å²) < 4.78 is 21.9. The van der Waals surface area contributed by atoms with Gasteiger partial charge in [0.05, 0.1) is 5.75 Å². The molecule has 90 valence electrons. The fraction of sp³-hybridized carbons (Fsp3) is 0.500. The molecule has 0 bridgehead atoms. The van der Waals surface area contributed by atoms with Gasteiger partial charge in [-0.1, -0.05) is 30.3 Å². The number of hydrogen-bond acceptors (Lipinski definition) is 3. The highest BCUT2D eigenvalue weighted by Crippen LogP contribution is 2.06. The average Bonchev–Trinajstić information content (AvgIpc) is 2.24. The minimum atomic E-state index is -2.88. The van der Waals surface area contributed by atoms with Gasteiger partial charge in [-0.3, -0.25) is 0 Å². The molecule has 0 aliphatic carbocycles. The normalized spacial score (nSPS) is 13.6. The van der Waals surface area contributed by atoms with Gasteiger partial charge in [-0.25, -0.2) is 8.42 Å². The predicted molar refractivity (Wildman–Crippen MR) is 67.1 cm³/mol. The molecule has 0 aliphatic heterocycles. The Bertz CT molecular complexity index is 400. The lowest BCUT2D eigenvalue weighted by Crippen LogP contribution is -2.24. The fourth-order valence-electron chi connectivity index (χ4n) is 1.51. The van der Waals surface area contributed by atoms with Crippen molar-refractivity contribution in [1.29, 1.82) is 0 Å². The van der Waals surface area contributed by atoms with E-state index < -0.39 is 9.84 Å². The first-order valence-electron chi connectivity index (χ1n) is 5.44. The Hall–Kier alpha value is -0.870. The molecule has 0 spiro atoms. The van der Waals surface area contributed by atoms with Crippen LogP contribution in [0.2, 0.25) is 0 Å². The summed E-state index contributed by atoms with van der Waals surface area (Å²) in [7, 11) is -2.88. The Kier molecular flexibility index (Phi) is 4.96. The molecule has 0 fully saturated rings. The van der Waals surface area contributed by atoms with Crippen LogP contribution in [0.4, 0.5) is 0 Å². The largest absolute Gasteiger partial charge is 0.328 e. The Morgan fingerprint density at radius 3 is 2.38 bits per heavy atom. The van der Waals surface area contributed by atoms with E-state index in [0.29, 0.717) is 6.42 Å². The van der Waals surface area contributed by atoms with E-state index in [4.69, 9.17) is 5.73 Å². The lowest BCUT2D eigenvalue weighted by Gasteiger charge is -2.10. The summed E-state index contributed by atoms with van der Waals surface area (Å²) in [5.74, 6) is 0.183. The molecular formula is C12H19NO2S. The van der Waals surface area contributed by atoms with Crippen LogP contribution in [-0.2, 0) is 16.3 Å². The second kappa shape index (κ2) is 6.01. The van der Waals surface area contributed by atoms with Gasteiger partial charge in [-0.05, 0) is 24.8 Å². The lowest BCUT2D eigenvalue weighted by molar-refractivity contribution is 0.571. The van der Waals surface area contributed by atoms with Crippen LogP contribution in [0.1, 0.15) is 18.4 Å². The van der Waals surface area contributed by atoms with Crippen molar-refractivity contribution in [3.63, 3.8) is 0 Å². The number of benzene rings is 1. The van der Waals surface area contributed by atoms with E-state index in [-0.39, 0.29) is 11.8 Å². The predicted octanol–water partition coefficient (Wildman–Crippen LogP) is 1.38. The Labute approximate surface area is 97.6 Å². The number of nitrogens with two attached hydrogens (primary N) is 1. The molecule has 4 heteroatoms. The Morgan fingerprint density at radius 2 is 1.81 bits per heavy atom. The minimum absolute atomic E-state index is 0.0325. The van der Waals surface area contributed by atoms with Crippen LogP contribution in [0.3, 0.4) is 0 Å². The summed E-state index contributed by atoms with van der Waals surface area (Å²) in [5, 5.41) is 0. The molecule has 1 aromatic rings. The lowest BCUT2D eigenvalue weighted by atomic mass is 10.0. The van der Waals surface area contributed by atoms with Crippen molar-refractivity contribution >= 4 is 9.84 Å². The quantitative estimate of drug-likeness (QED) is 0.818. The summed E-state index contributed by atoms with van der Waals surface area (Å²) in [5.41, 5.74) is 7.11. The van der Waals surface area contributed by atoms with Crippen LogP contribution in [0, 0.1) is 0 Å². The van der Waals surface area contributed by atoms with Crippen molar-refractivity contribution in [2.24, 2.45) is 5.73 Å². The summed E-state index contributed by atoms with van der Waals surface area (Å²) in [6.45, 7) is 0. The van der Waals surface area contributed by atoms with Gasteiger partial charge in [0, 0.05) is 12.3 Å². The highest BCUT2D eigenvalue weighted by Gasteiger charge is 2.08. The molecule has 1 rings (SSSR count). The third-order valence-electron chi connectivity index (χ3n) is 2.51. The summed E-state index contributed by atoms with van der Waals surface area (Å²) in [6.07, 6.45) is 3.54. The molecular weight excluding hydrogens is 222 g/mol. The monoisotopic (exact) mass is 241 g/mol. The van der Waals surface area contributed by atoms with Gasteiger partial charge in [0.2, 0.25) is 0 Å². The zero-order chi connectivity index (χ0) is 12.0. The zero-order valence-corrected chi connectivity index (χ0v) is 10.4. The SMILES string of the molecule is CS(=O)(=O)CCC(N)CCc1ccccc1. The van der Waals surface area contributed by atoms with Gasteiger partial charge in [-0.15, -0.1) is 0 Å². The van der Waals surface area contributed by atoms with Crippen LogP contribution < -0.4 is 5.73 Å². The molecule has 1 unspecified atom stereocenters. The van der Waals surface area contributed by atoms with E-state index in [9.17, 15) is 8.42 Å². The van der Waals surface area contributed by atoms with Crippen molar-refractivity contribution in [2.75, 3.05) is 12.0 Å². The number of rotatable bonds is 6. The highest BCUT2D eigenvalue weighted by molar-refractivity contribution is 7.90. The highest BCUT2D eigenvalue weighted by atomic mass is 32.2. The van der Waals surface area contributed by atoms with Gasteiger partial charge >= 0.3 is 0 Å². The molecule has 2 N–H and O–H groups in total. The molecule has 16 heavy (non-hydrogen) atoms. The van der Waals surface area contributed by atoms with Crippen LogP contribution in [0.15, 0.2) is 30.3 Å². The van der Waals surface area contributed by atoms with Crippen LogP contribution in [0.5, 0.6) is 0 Å². The standard InChI is InChI=1S/C12H19NO2S/c1-16(14,15)10-9-12(13)8-7-11-5-3-2-4-6-11/h2-6,12H,7-10,13H2,1H3. The molecule has 0 saturated heterocycles. The van der Waals surface area contributed by atoms with Gasteiger partial charge in [0.1, 0.15) is 9.84 Å². The number of aryl methyl sites for hydroxylation is 1. The van der Waals surface area contributed by atoms with Crippen LogP contribution >= 0.6 is 0 Å². The van der Waals surface area contributed by atoms with Gasteiger partial charge < -0.3 is 5.73 Å². The van der Waals surface area contributed by atoms with Gasteiger partial charge in [0.15, 0.2) is 0 Å². The molecule has 1 atom stereocenters. The van der Waals surface area contributed by atoms with E-state index in [0.717, 1.165) is 12.8 Å². The van der Waals surface area contributed by atoms with E-state index in [1.165, 1.54) is 11.8 Å². The van der Waals surface area contributed by atoms with Crippen molar-refractivity contribution in [2.45, 2.75) is 25.3 Å². The van der Waals surface area contributed by atoms with E-state index >= 15 is 0 Å². The topological polar surface area (TPSA) is 60.2 Å². The second-order valence-electron chi connectivity index (χ2n) is 4.20. The summed E-state index contributed by atoms with van der Waals surface area (Å²) in [6, 6.07) is 10.1. The van der Waals surface area contributed by atoms with E-state index in [1.54, 1.807) is 0 Å². The first-order valence-corrected chi connectivity index (χ1v) is 7.50. The van der Waals surface area contributed by atoms with Crippen molar-refractivity contribution in [3.05, 3.63) is 35.9 Å². The third kappa shape index (κ3) is 5.88. The Balaban J connectivity index is 2.28. The zero-order valence-electron chi connectivity index (χ0n) is 9.59. The molecule has 0 radical (unpaired) electrons. The summed E-state index contributed by atoms with van der Waals surface area (Å²) >= 11 is 0.